The van der Waals surface area contributed by atoms with E-state index in [4.69, 9.17) is 0 Å². The first-order valence-electron chi connectivity index (χ1n) is 8.57. The third kappa shape index (κ3) is 3.10. The second kappa shape index (κ2) is 6.45. The molecule has 1 aliphatic carbocycles. The quantitative estimate of drug-likeness (QED) is 0.708. The number of amides is 1. The molecule has 0 aliphatic heterocycles. The maximum Gasteiger partial charge on any atom is 0.236 e. The van der Waals surface area contributed by atoms with Crippen LogP contribution in [-0.4, -0.2) is 10.9 Å². The summed E-state index contributed by atoms with van der Waals surface area (Å²) in [4.78, 5) is 18.4. The molecule has 0 spiro atoms. The molecule has 4 heteroatoms. The molecule has 1 atom stereocenters. The Morgan fingerprint density at radius 1 is 1.08 bits per heavy atom. The van der Waals surface area contributed by atoms with Gasteiger partial charge in [0.2, 0.25) is 5.91 Å². The van der Waals surface area contributed by atoms with Crippen molar-refractivity contribution in [2.75, 3.05) is 5.32 Å². The first-order chi connectivity index (χ1) is 12.2. The lowest BCUT2D eigenvalue weighted by Crippen LogP contribution is -2.27. The van der Waals surface area contributed by atoms with Crippen molar-refractivity contribution in [3.05, 3.63) is 82.9 Å². The van der Waals surface area contributed by atoms with Crippen LogP contribution in [0.1, 0.15) is 41.7 Å². The van der Waals surface area contributed by atoms with E-state index >= 15 is 0 Å². The SMILES string of the molecule is CC(c1ccccc1)c1cnc(NC(=O)C2(c3ccccc3)CC2)s1. The van der Waals surface area contributed by atoms with Gasteiger partial charge >= 0.3 is 0 Å². The summed E-state index contributed by atoms with van der Waals surface area (Å²) in [6.07, 6.45) is 3.68. The summed E-state index contributed by atoms with van der Waals surface area (Å²) in [5.41, 5.74) is 1.99. The molecule has 4 rings (SSSR count). The standard InChI is InChI=1S/C21H20N2OS/c1-15(16-8-4-2-5-9-16)18-14-22-20(25-18)23-19(24)21(12-13-21)17-10-6-3-7-11-17/h2-11,14-15H,12-13H2,1H3,(H,22,23,24). The molecule has 1 unspecified atom stereocenters. The number of hydrogen-bond donors (Lipinski definition) is 1. The summed E-state index contributed by atoms with van der Waals surface area (Å²) in [7, 11) is 0. The molecule has 3 aromatic rings. The van der Waals surface area contributed by atoms with Crippen molar-refractivity contribution < 1.29 is 4.79 Å². The van der Waals surface area contributed by atoms with Gasteiger partial charge in [0.05, 0.1) is 5.41 Å². The van der Waals surface area contributed by atoms with E-state index < -0.39 is 0 Å². The largest absolute Gasteiger partial charge is 0.301 e. The predicted molar refractivity (Wildman–Crippen MR) is 102 cm³/mol. The molecule has 3 nitrogen and oxygen atoms in total. The normalized spacial score (nSPS) is 16.2. The van der Waals surface area contributed by atoms with Crippen molar-refractivity contribution in [3.63, 3.8) is 0 Å². The highest BCUT2D eigenvalue weighted by Crippen LogP contribution is 2.49. The Hall–Kier alpha value is -2.46. The van der Waals surface area contributed by atoms with Crippen LogP contribution in [0.25, 0.3) is 0 Å². The monoisotopic (exact) mass is 348 g/mol. The van der Waals surface area contributed by atoms with Gasteiger partial charge in [-0.15, -0.1) is 11.3 Å². The maximum absolute atomic E-state index is 12.8. The number of thiazole rings is 1. The molecule has 0 bridgehead atoms. The molecule has 2 aromatic carbocycles. The summed E-state index contributed by atoms with van der Waals surface area (Å²) in [6.45, 7) is 2.17. The zero-order valence-corrected chi connectivity index (χ0v) is 14.9. The van der Waals surface area contributed by atoms with Gasteiger partial charge in [-0.1, -0.05) is 67.6 Å². The third-order valence-electron chi connectivity index (χ3n) is 4.98. The van der Waals surface area contributed by atoms with E-state index in [0.29, 0.717) is 5.13 Å². The van der Waals surface area contributed by atoms with Crippen LogP contribution in [0.2, 0.25) is 0 Å². The lowest BCUT2D eigenvalue weighted by molar-refractivity contribution is -0.118. The van der Waals surface area contributed by atoms with Gasteiger partial charge in [0.25, 0.3) is 0 Å². The van der Waals surface area contributed by atoms with Crippen LogP contribution < -0.4 is 5.32 Å². The molecular weight excluding hydrogens is 328 g/mol. The van der Waals surface area contributed by atoms with Crippen LogP contribution in [-0.2, 0) is 10.2 Å². The van der Waals surface area contributed by atoms with Gasteiger partial charge in [-0.2, -0.15) is 0 Å². The molecule has 1 heterocycles. The number of rotatable bonds is 5. The Bertz CT molecular complexity index is 869. The topological polar surface area (TPSA) is 42.0 Å². The summed E-state index contributed by atoms with van der Waals surface area (Å²) < 4.78 is 0. The number of carbonyl (C=O) groups excluding carboxylic acids is 1. The van der Waals surface area contributed by atoms with E-state index in [0.717, 1.165) is 23.3 Å². The minimum Gasteiger partial charge on any atom is -0.301 e. The van der Waals surface area contributed by atoms with Crippen LogP contribution in [0.15, 0.2) is 66.9 Å². The van der Waals surface area contributed by atoms with Crippen molar-refractivity contribution in [2.45, 2.75) is 31.1 Å². The molecule has 1 aromatic heterocycles. The van der Waals surface area contributed by atoms with Gasteiger partial charge in [0.1, 0.15) is 0 Å². The second-order valence-corrected chi connectivity index (χ2v) is 7.66. The van der Waals surface area contributed by atoms with Crippen LogP contribution in [0.3, 0.4) is 0 Å². The first-order valence-corrected chi connectivity index (χ1v) is 9.38. The van der Waals surface area contributed by atoms with Gasteiger partial charge in [-0.3, -0.25) is 4.79 Å². The number of carbonyl (C=O) groups is 1. The molecule has 25 heavy (non-hydrogen) atoms. The smallest absolute Gasteiger partial charge is 0.236 e. The fourth-order valence-corrected chi connectivity index (χ4v) is 4.09. The number of anilines is 1. The first kappa shape index (κ1) is 16.0. The number of benzene rings is 2. The Morgan fingerprint density at radius 2 is 1.72 bits per heavy atom. The van der Waals surface area contributed by atoms with Gasteiger partial charge in [-0.25, -0.2) is 4.98 Å². The van der Waals surface area contributed by atoms with E-state index in [2.05, 4.69) is 29.4 Å². The third-order valence-corrected chi connectivity index (χ3v) is 6.08. The summed E-state index contributed by atoms with van der Waals surface area (Å²) in [5, 5.41) is 3.72. The summed E-state index contributed by atoms with van der Waals surface area (Å²) >= 11 is 1.56. The highest BCUT2D eigenvalue weighted by atomic mass is 32.1. The van der Waals surface area contributed by atoms with Gasteiger partial charge in [0.15, 0.2) is 5.13 Å². The van der Waals surface area contributed by atoms with Crippen LogP contribution in [0.5, 0.6) is 0 Å². The molecule has 126 valence electrons. The minimum absolute atomic E-state index is 0.0620. The van der Waals surface area contributed by atoms with Crippen molar-refractivity contribution in [1.82, 2.24) is 4.98 Å². The number of nitrogens with one attached hydrogen (secondary N) is 1. The fourth-order valence-electron chi connectivity index (χ4n) is 3.20. The molecule has 1 amide bonds. The molecule has 1 saturated carbocycles. The highest BCUT2D eigenvalue weighted by Gasteiger charge is 2.51. The molecular formula is C21H20N2OS. The van der Waals surface area contributed by atoms with E-state index in [1.807, 2.05) is 54.7 Å². The lowest BCUT2D eigenvalue weighted by atomic mass is 9.95. The molecule has 1 N–H and O–H groups in total. The van der Waals surface area contributed by atoms with Crippen molar-refractivity contribution in [2.24, 2.45) is 0 Å². The van der Waals surface area contributed by atoms with Crippen molar-refractivity contribution >= 4 is 22.4 Å². The predicted octanol–water partition coefficient (Wildman–Crippen LogP) is 4.97. The van der Waals surface area contributed by atoms with Crippen LogP contribution >= 0.6 is 11.3 Å². The summed E-state index contributed by atoms with van der Waals surface area (Å²) in [5.74, 6) is 0.334. The summed E-state index contributed by atoms with van der Waals surface area (Å²) in [6, 6.07) is 20.4. The van der Waals surface area contributed by atoms with Crippen LogP contribution in [0, 0.1) is 0 Å². The maximum atomic E-state index is 12.8. The average Bonchev–Trinajstić information content (AvgIpc) is 3.36. The lowest BCUT2D eigenvalue weighted by Gasteiger charge is -2.14. The number of nitrogens with zero attached hydrogens (tertiary/aromatic N) is 1. The average molecular weight is 348 g/mol. The molecule has 1 aliphatic rings. The molecule has 0 saturated heterocycles. The number of aromatic nitrogens is 1. The van der Waals surface area contributed by atoms with Crippen LogP contribution in [0.4, 0.5) is 5.13 Å². The zero-order valence-electron chi connectivity index (χ0n) is 14.1. The second-order valence-electron chi connectivity index (χ2n) is 6.60. The Labute approximate surface area is 151 Å². The van der Waals surface area contributed by atoms with E-state index in [-0.39, 0.29) is 17.2 Å². The Kier molecular flexibility index (Phi) is 4.14. The van der Waals surface area contributed by atoms with Crippen molar-refractivity contribution in [1.29, 1.82) is 0 Å². The zero-order chi connectivity index (χ0) is 17.3. The van der Waals surface area contributed by atoms with E-state index in [1.54, 1.807) is 11.3 Å². The van der Waals surface area contributed by atoms with E-state index in [9.17, 15) is 4.79 Å². The number of hydrogen-bond acceptors (Lipinski definition) is 3. The van der Waals surface area contributed by atoms with Gasteiger partial charge < -0.3 is 5.32 Å². The van der Waals surface area contributed by atoms with Gasteiger partial charge in [0, 0.05) is 17.0 Å². The Balaban J connectivity index is 1.49. The molecule has 0 radical (unpaired) electrons. The van der Waals surface area contributed by atoms with Crippen molar-refractivity contribution in [3.8, 4) is 0 Å². The van der Waals surface area contributed by atoms with E-state index in [1.165, 1.54) is 5.56 Å². The minimum atomic E-state index is -0.363. The van der Waals surface area contributed by atoms with Gasteiger partial charge in [-0.05, 0) is 24.0 Å². The molecule has 1 fully saturated rings. The highest BCUT2D eigenvalue weighted by molar-refractivity contribution is 7.15. The Morgan fingerprint density at radius 3 is 2.36 bits per heavy atom. The fraction of sp³-hybridized carbons (Fsp3) is 0.238.